The summed E-state index contributed by atoms with van der Waals surface area (Å²) in [4.78, 5) is 33.9. The maximum Gasteiger partial charge on any atom is 0.269 e. The van der Waals surface area contributed by atoms with E-state index in [0.29, 0.717) is 16.8 Å². The number of hydrogen-bond acceptors (Lipinski definition) is 7. The van der Waals surface area contributed by atoms with Crippen molar-refractivity contribution in [3.8, 4) is 0 Å². The zero-order valence-corrected chi connectivity index (χ0v) is 20.9. The number of carbonyl (C=O) groups is 2. The van der Waals surface area contributed by atoms with Gasteiger partial charge in [0.25, 0.3) is 21.8 Å². The van der Waals surface area contributed by atoms with E-state index in [1.165, 1.54) is 49.8 Å². The Hall–Kier alpha value is -4.09. The van der Waals surface area contributed by atoms with Gasteiger partial charge in [0.15, 0.2) is 0 Å². The van der Waals surface area contributed by atoms with Gasteiger partial charge in [0.1, 0.15) is 11.8 Å². The normalized spacial score (nSPS) is 17.8. The maximum absolute atomic E-state index is 13.2. The first-order chi connectivity index (χ1) is 17.7. The molecular weight excluding hydrogens is 494 g/mol. The van der Waals surface area contributed by atoms with Crippen molar-refractivity contribution in [2.45, 2.75) is 30.4 Å². The van der Waals surface area contributed by atoms with Gasteiger partial charge in [-0.05, 0) is 48.7 Å². The molecule has 1 fully saturated rings. The molecule has 4 aromatic rings. The van der Waals surface area contributed by atoms with Gasteiger partial charge in [-0.15, -0.1) is 0 Å². The fraction of sp³-hybridized carbons (Fsp3) is 0.231. The average molecular weight is 520 g/mol. The second kappa shape index (κ2) is 9.41. The van der Waals surface area contributed by atoms with Gasteiger partial charge in [-0.25, -0.2) is 17.4 Å². The molecule has 0 saturated heterocycles. The fourth-order valence-corrected chi connectivity index (χ4v) is 5.55. The number of pyridine rings is 2. The Labute approximate surface area is 213 Å². The number of benzene rings is 1. The number of rotatable bonds is 7. The van der Waals surface area contributed by atoms with E-state index in [2.05, 4.69) is 20.6 Å². The van der Waals surface area contributed by atoms with E-state index in [-0.39, 0.29) is 39.5 Å². The number of nitrogens with zero attached hydrogens (tertiary/aromatic N) is 3. The number of carbonyl (C=O) groups excluding carboxylic acids is 2. The molecular formula is C26H25N5O5S. The monoisotopic (exact) mass is 519 g/mol. The lowest BCUT2D eigenvalue weighted by molar-refractivity contribution is 0.0948. The fourth-order valence-electron chi connectivity index (χ4n) is 4.18. The summed E-state index contributed by atoms with van der Waals surface area (Å²) in [6.07, 6.45) is 2.23. The van der Waals surface area contributed by atoms with Crippen molar-refractivity contribution in [1.29, 1.82) is 0 Å². The second-order valence-electron chi connectivity index (χ2n) is 9.00. The van der Waals surface area contributed by atoms with E-state index in [4.69, 9.17) is 0 Å². The number of aliphatic hydroxyl groups excluding tert-OH is 1. The molecule has 1 aliphatic rings. The van der Waals surface area contributed by atoms with Crippen LogP contribution in [0, 0.1) is 5.92 Å². The van der Waals surface area contributed by atoms with Crippen LogP contribution in [-0.2, 0) is 10.0 Å². The molecule has 0 aliphatic heterocycles. The van der Waals surface area contributed by atoms with E-state index in [1.54, 1.807) is 24.3 Å². The van der Waals surface area contributed by atoms with Gasteiger partial charge in [-0.2, -0.15) is 0 Å². The molecule has 190 valence electrons. The Kier molecular flexibility index (Phi) is 6.26. The Morgan fingerprint density at radius 1 is 1.11 bits per heavy atom. The van der Waals surface area contributed by atoms with Crippen molar-refractivity contribution >= 4 is 32.7 Å². The van der Waals surface area contributed by atoms with Crippen LogP contribution in [0.1, 0.15) is 51.7 Å². The maximum atomic E-state index is 13.2. The van der Waals surface area contributed by atoms with Gasteiger partial charge >= 0.3 is 0 Å². The quantitative estimate of drug-likeness (QED) is 0.340. The highest BCUT2D eigenvalue weighted by Crippen LogP contribution is 2.31. The summed E-state index contributed by atoms with van der Waals surface area (Å²) in [6, 6.07) is 13.9. The first-order valence-corrected chi connectivity index (χ1v) is 13.1. The van der Waals surface area contributed by atoms with Crippen molar-refractivity contribution in [2.24, 2.45) is 5.92 Å². The summed E-state index contributed by atoms with van der Waals surface area (Å²) < 4.78 is 27.6. The van der Waals surface area contributed by atoms with Crippen LogP contribution in [0.3, 0.4) is 0 Å². The third-order valence-electron chi connectivity index (χ3n) is 6.44. The van der Waals surface area contributed by atoms with E-state index in [0.717, 1.165) is 10.4 Å². The zero-order chi connectivity index (χ0) is 26.3. The molecule has 37 heavy (non-hydrogen) atoms. The summed E-state index contributed by atoms with van der Waals surface area (Å²) in [6.45, 7) is 2.03. The first-order valence-electron chi connectivity index (χ1n) is 11.7. The molecule has 1 saturated carbocycles. The Balaban J connectivity index is 1.57. The molecule has 3 atom stereocenters. The van der Waals surface area contributed by atoms with Crippen LogP contribution in [0.25, 0.3) is 10.9 Å². The summed E-state index contributed by atoms with van der Waals surface area (Å²) >= 11 is 0. The minimum Gasteiger partial charge on any atom is -0.380 e. The van der Waals surface area contributed by atoms with Crippen molar-refractivity contribution in [2.75, 3.05) is 7.05 Å². The molecule has 0 radical (unpaired) electrons. The highest BCUT2D eigenvalue weighted by Gasteiger charge is 2.34. The van der Waals surface area contributed by atoms with Crippen LogP contribution < -0.4 is 10.6 Å². The van der Waals surface area contributed by atoms with Gasteiger partial charge in [-0.3, -0.25) is 14.6 Å². The van der Waals surface area contributed by atoms with Gasteiger partial charge in [-0.1, -0.05) is 25.1 Å². The summed E-state index contributed by atoms with van der Waals surface area (Å²) in [5, 5.41) is 17.1. The topological polar surface area (TPSA) is 143 Å². The lowest BCUT2D eigenvalue weighted by Crippen LogP contribution is -2.28. The number of hydrogen-bond donors (Lipinski definition) is 3. The Morgan fingerprint density at radius 3 is 2.51 bits per heavy atom. The Morgan fingerprint density at radius 2 is 1.84 bits per heavy atom. The van der Waals surface area contributed by atoms with E-state index < -0.39 is 22.0 Å². The molecule has 3 heterocycles. The molecule has 5 rings (SSSR count). The van der Waals surface area contributed by atoms with Crippen LogP contribution in [0.15, 0.2) is 71.9 Å². The Bertz CT molecular complexity index is 1620. The summed E-state index contributed by atoms with van der Waals surface area (Å²) in [7, 11) is -2.45. The number of fused-ring (bicyclic) bond motifs is 1. The predicted molar refractivity (Wildman–Crippen MR) is 135 cm³/mol. The second-order valence-corrected chi connectivity index (χ2v) is 10.8. The molecule has 1 aliphatic carbocycles. The number of aliphatic hydroxyl groups is 1. The first kappa shape index (κ1) is 24.6. The minimum atomic E-state index is -3.89. The molecule has 3 unspecified atom stereocenters. The van der Waals surface area contributed by atoms with Gasteiger partial charge in [0, 0.05) is 36.4 Å². The number of aromatic nitrogens is 3. The van der Waals surface area contributed by atoms with E-state index >= 15 is 0 Å². The largest absolute Gasteiger partial charge is 0.380 e. The highest BCUT2D eigenvalue weighted by atomic mass is 32.2. The van der Waals surface area contributed by atoms with Crippen LogP contribution in [0.4, 0.5) is 0 Å². The zero-order valence-electron chi connectivity index (χ0n) is 20.1. The van der Waals surface area contributed by atoms with E-state index in [9.17, 15) is 23.1 Å². The van der Waals surface area contributed by atoms with Crippen LogP contribution >= 0.6 is 0 Å². The van der Waals surface area contributed by atoms with Crippen molar-refractivity contribution in [1.82, 2.24) is 24.6 Å². The summed E-state index contributed by atoms with van der Waals surface area (Å²) in [5.74, 6) is -0.511. The smallest absolute Gasteiger partial charge is 0.269 e. The number of amides is 2. The molecule has 0 spiro atoms. The lowest BCUT2D eigenvalue weighted by atomic mass is 10.0. The molecule has 1 aromatic carbocycles. The van der Waals surface area contributed by atoms with Gasteiger partial charge in [0.05, 0.1) is 21.8 Å². The SMILES string of the molecule is CNC(=O)c1cc(C(=O)NC2CC2C)cc(C(O)c2nccc3c2ccn3S(=O)(=O)c2ccccc2)n1. The van der Waals surface area contributed by atoms with Crippen molar-refractivity contribution in [3.05, 3.63) is 89.6 Å². The highest BCUT2D eigenvalue weighted by molar-refractivity contribution is 7.90. The molecule has 3 aromatic heterocycles. The summed E-state index contributed by atoms with van der Waals surface area (Å²) in [5.41, 5.74) is 0.635. The predicted octanol–water partition coefficient (Wildman–Crippen LogP) is 2.25. The molecule has 3 N–H and O–H groups in total. The number of nitrogens with one attached hydrogen (secondary N) is 2. The van der Waals surface area contributed by atoms with Crippen LogP contribution in [-0.4, -0.2) is 52.4 Å². The third kappa shape index (κ3) is 4.58. The van der Waals surface area contributed by atoms with Crippen LogP contribution in [0.2, 0.25) is 0 Å². The molecule has 2 amide bonds. The molecule has 10 nitrogen and oxygen atoms in total. The van der Waals surface area contributed by atoms with Gasteiger partial charge in [0.2, 0.25) is 0 Å². The van der Waals surface area contributed by atoms with Crippen molar-refractivity contribution < 1.29 is 23.1 Å². The van der Waals surface area contributed by atoms with Gasteiger partial charge < -0.3 is 15.7 Å². The third-order valence-corrected chi connectivity index (χ3v) is 8.15. The lowest BCUT2D eigenvalue weighted by Gasteiger charge is -2.15. The average Bonchev–Trinajstić information content (AvgIpc) is 3.42. The molecule has 0 bridgehead atoms. The minimum absolute atomic E-state index is 0.0359. The van der Waals surface area contributed by atoms with Crippen molar-refractivity contribution in [3.63, 3.8) is 0 Å². The van der Waals surface area contributed by atoms with Crippen LogP contribution in [0.5, 0.6) is 0 Å². The van der Waals surface area contributed by atoms with E-state index in [1.807, 2.05) is 6.92 Å². The standard InChI is InChI=1S/C26H25N5O5S/c1-15-12-19(15)30-25(33)16-13-20(29-21(14-16)26(34)27-2)24(32)23-18-9-11-31(22(18)8-10-28-23)37(35,36)17-6-4-3-5-7-17/h3-11,13-15,19,24,32H,12H2,1-2H3,(H,27,34)(H,30,33). The molecule has 11 heteroatoms.